The molecule has 3 heteroatoms. The van der Waals surface area contributed by atoms with Gasteiger partial charge in [0.25, 0.3) is 0 Å². The number of aryl methyl sites for hydroxylation is 1. The summed E-state index contributed by atoms with van der Waals surface area (Å²) in [5.74, 6) is 0. The fourth-order valence-corrected chi connectivity index (χ4v) is 4.56. The van der Waals surface area contributed by atoms with E-state index in [1.54, 1.807) is 0 Å². The van der Waals surface area contributed by atoms with Gasteiger partial charge in [0, 0.05) is 30.2 Å². The Morgan fingerprint density at radius 2 is 1.81 bits per heavy atom. The van der Waals surface area contributed by atoms with Gasteiger partial charge >= 0.3 is 0 Å². The van der Waals surface area contributed by atoms with Crippen LogP contribution in [-0.2, 0) is 12.8 Å². The van der Waals surface area contributed by atoms with E-state index in [1.807, 2.05) is 0 Å². The predicted octanol–water partition coefficient (Wildman–Crippen LogP) is 4.32. The largest absolute Gasteiger partial charge is 0.369 e. The molecule has 0 radical (unpaired) electrons. The maximum atomic E-state index is 6.25. The molecule has 1 fully saturated rings. The summed E-state index contributed by atoms with van der Waals surface area (Å²) in [6.07, 6.45) is 5.86. The van der Waals surface area contributed by atoms with E-state index in [1.165, 1.54) is 46.3 Å². The lowest BCUT2D eigenvalue weighted by Gasteiger charge is -2.28. The maximum Gasteiger partial charge on any atom is 0.0726 e. The van der Waals surface area contributed by atoms with Crippen molar-refractivity contribution in [2.45, 2.75) is 38.1 Å². The Kier molecular flexibility index (Phi) is 3.90. The number of hydrogen-bond donors (Lipinski definition) is 1. The van der Waals surface area contributed by atoms with Gasteiger partial charge in [-0.15, -0.1) is 0 Å². The molecule has 2 aromatic carbocycles. The SMILES string of the molecule is NC1CCN(c2c3c(nc4ccc(-c5ccccc5)cc24)CCCC3)C1. The molecule has 1 saturated heterocycles. The average Bonchev–Trinajstić information content (AvgIpc) is 3.12. The smallest absolute Gasteiger partial charge is 0.0726 e. The number of fused-ring (bicyclic) bond motifs is 2. The first-order valence-electron chi connectivity index (χ1n) is 9.81. The molecule has 1 aliphatic heterocycles. The highest BCUT2D eigenvalue weighted by molar-refractivity contribution is 5.97. The summed E-state index contributed by atoms with van der Waals surface area (Å²) in [7, 11) is 0. The molecule has 1 aliphatic carbocycles. The summed E-state index contributed by atoms with van der Waals surface area (Å²) >= 11 is 0. The Labute approximate surface area is 154 Å². The number of anilines is 1. The molecule has 0 spiro atoms. The minimum Gasteiger partial charge on any atom is -0.369 e. The zero-order chi connectivity index (χ0) is 17.5. The van der Waals surface area contributed by atoms with E-state index in [2.05, 4.69) is 53.4 Å². The summed E-state index contributed by atoms with van der Waals surface area (Å²) in [6, 6.07) is 17.7. The van der Waals surface area contributed by atoms with Crippen LogP contribution in [0.25, 0.3) is 22.0 Å². The lowest BCUT2D eigenvalue weighted by molar-refractivity contribution is 0.668. The molecule has 3 aromatic rings. The molecular weight excluding hydrogens is 318 g/mol. The summed E-state index contributed by atoms with van der Waals surface area (Å²) in [6.45, 7) is 2.02. The fraction of sp³-hybridized carbons (Fsp3) is 0.348. The molecule has 0 amide bonds. The summed E-state index contributed by atoms with van der Waals surface area (Å²) in [4.78, 5) is 7.57. The molecule has 26 heavy (non-hydrogen) atoms. The minimum absolute atomic E-state index is 0.287. The maximum absolute atomic E-state index is 6.25. The highest BCUT2D eigenvalue weighted by atomic mass is 15.2. The highest BCUT2D eigenvalue weighted by Crippen LogP contribution is 2.38. The zero-order valence-corrected chi connectivity index (χ0v) is 15.1. The molecular formula is C23H25N3. The van der Waals surface area contributed by atoms with Gasteiger partial charge in [-0.25, -0.2) is 0 Å². The van der Waals surface area contributed by atoms with Crippen molar-refractivity contribution in [1.29, 1.82) is 0 Å². The van der Waals surface area contributed by atoms with Crippen LogP contribution in [0, 0.1) is 0 Å². The molecule has 2 aliphatic rings. The van der Waals surface area contributed by atoms with Gasteiger partial charge in [-0.1, -0.05) is 36.4 Å². The second-order valence-corrected chi connectivity index (χ2v) is 7.69. The van der Waals surface area contributed by atoms with Crippen molar-refractivity contribution in [3.8, 4) is 11.1 Å². The fourth-order valence-electron chi connectivity index (χ4n) is 4.56. The normalized spacial score (nSPS) is 19.7. The van der Waals surface area contributed by atoms with Crippen molar-refractivity contribution in [1.82, 2.24) is 4.98 Å². The van der Waals surface area contributed by atoms with Gasteiger partial charge in [-0.2, -0.15) is 0 Å². The third kappa shape index (κ3) is 2.67. The standard InChI is InChI=1S/C23H25N3/c24-18-12-13-26(15-18)23-19-8-4-5-9-21(19)25-22-11-10-17(14-20(22)23)16-6-2-1-3-7-16/h1-3,6-7,10-11,14,18H,4-5,8-9,12-13,15,24H2. The molecule has 1 aromatic heterocycles. The van der Waals surface area contributed by atoms with E-state index in [9.17, 15) is 0 Å². The van der Waals surface area contributed by atoms with Crippen LogP contribution in [0.2, 0.25) is 0 Å². The Morgan fingerprint density at radius 1 is 0.962 bits per heavy atom. The number of pyridine rings is 1. The van der Waals surface area contributed by atoms with E-state index in [0.717, 1.165) is 37.9 Å². The number of benzene rings is 2. The van der Waals surface area contributed by atoms with Gasteiger partial charge in [0.1, 0.15) is 0 Å². The highest BCUT2D eigenvalue weighted by Gasteiger charge is 2.26. The van der Waals surface area contributed by atoms with Crippen molar-refractivity contribution < 1.29 is 0 Å². The van der Waals surface area contributed by atoms with E-state index >= 15 is 0 Å². The summed E-state index contributed by atoms with van der Waals surface area (Å²) in [5.41, 5.74) is 14.1. The number of hydrogen-bond acceptors (Lipinski definition) is 3. The lowest BCUT2D eigenvalue weighted by atomic mass is 9.91. The van der Waals surface area contributed by atoms with Crippen molar-refractivity contribution in [2.75, 3.05) is 18.0 Å². The Hall–Kier alpha value is -2.39. The first-order valence-corrected chi connectivity index (χ1v) is 9.81. The molecule has 1 unspecified atom stereocenters. The van der Waals surface area contributed by atoms with Crippen LogP contribution in [0.15, 0.2) is 48.5 Å². The molecule has 132 valence electrons. The van der Waals surface area contributed by atoms with Gasteiger partial charge in [-0.3, -0.25) is 4.98 Å². The Bertz CT molecular complexity index is 949. The van der Waals surface area contributed by atoms with Gasteiger partial charge in [0.2, 0.25) is 0 Å². The van der Waals surface area contributed by atoms with Crippen LogP contribution in [0.5, 0.6) is 0 Å². The lowest BCUT2D eigenvalue weighted by Crippen LogP contribution is -2.28. The van der Waals surface area contributed by atoms with Crippen molar-refractivity contribution in [3.05, 3.63) is 59.8 Å². The predicted molar refractivity (Wildman–Crippen MR) is 109 cm³/mol. The average molecular weight is 343 g/mol. The van der Waals surface area contributed by atoms with Gasteiger partial charge < -0.3 is 10.6 Å². The molecule has 0 saturated carbocycles. The van der Waals surface area contributed by atoms with Crippen LogP contribution in [0.4, 0.5) is 5.69 Å². The van der Waals surface area contributed by atoms with E-state index in [0.29, 0.717) is 0 Å². The first-order chi connectivity index (χ1) is 12.8. The number of aromatic nitrogens is 1. The zero-order valence-electron chi connectivity index (χ0n) is 15.1. The topological polar surface area (TPSA) is 42.1 Å². The Balaban J connectivity index is 1.73. The molecule has 0 bridgehead atoms. The second kappa shape index (κ2) is 6.40. The van der Waals surface area contributed by atoms with Crippen LogP contribution < -0.4 is 10.6 Å². The first kappa shape index (κ1) is 15.8. The van der Waals surface area contributed by atoms with Crippen LogP contribution >= 0.6 is 0 Å². The van der Waals surface area contributed by atoms with Crippen molar-refractivity contribution in [3.63, 3.8) is 0 Å². The third-order valence-electron chi connectivity index (χ3n) is 5.88. The number of nitrogens with zero attached hydrogens (tertiary/aromatic N) is 2. The van der Waals surface area contributed by atoms with Gasteiger partial charge in [0.15, 0.2) is 0 Å². The minimum atomic E-state index is 0.287. The number of nitrogens with two attached hydrogens (primary N) is 1. The molecule has 5 rings (SSSR count). The monoisotopic (exact) mass is 343 g/mol. The van der Waals surface area contributed by atoms with Gasteiger partial charge in [-0.05, 0) is 60.9 Å². The van der Waals surface area contributed by atoms with E-state index < -0.39 is 0 Å². The molecule has 2 N–H and O–H groups in total. The second-order valence-electron chi connectivity index (χ2n) is 7.69. The van der Waals surface area contributed by atoms with Crippen LogP contribution in [0.3, 0.4) is 0 Å². The Morgan fingerprint density at radius 3 is 2.62 bits per heavy atom. The van der Waals surface area contributed by atoms with Crippen LogP contribution in [0.1, 0.15) is 30.5 Å². The van der Waals surface area contributed by atoms with Gasteiger partial charge in [0.05, 0.1) is 11.2 Å². The molecule has 1 atom stereocenters. The summed E-state index contributed by atoms with van der Waals surface area (Å²) in [5, 5.41) is 1.29. The number of rotatable bonds is 2. The molecule has 2 heterocycles. The van der Waals surface area contributed by atoms with E-state index in [4.69, 9.17) is 10.7 Å². The third-order valence-corrected chi connectivity index (χ3v) is 5.88. The van der Waals surface area contributed by atoms with Crippen LogP contribution in [-0.4, -0.2) is 24.1 Å². The van der Waals surface area contributed by atoms with Crippen molar-refractivity contribution in [2.24, 2.45) is 5.73 Å². The summed E-state index contributed by atoms with van der Waals surface area (Å²) < 4.78 is 0. The van der Waals surface area contributed by atoms with Crippen molar-refractivity contribution >= 4 is 16.6 Å². The quantitative estimate of drug-likeness (QED) is 0.753. The van der Waals surface area contributed by atoms with E-state index in [-0.39, 0.29) is 6.04 Å². The molecule has 3 nitrogen and oxygen atoms in total.